The van der Waals surface area contributed by atoms with Gasteiger partial charge in [-0.25, -0.2) is 0 Å². The molecule has 0 bridgehead atoms. The minimum absolute atomic E-state index is 0.687. The lowest BCUT2D eigenvalue weighted by atomic mass is 10.1. The monoisotopic (exact) mass is 275 g/mol. The van der Waals surface area contributed by atoms with Crippen LogP contribution in [0.5, 0.6) is 0 Å². The van der Waals surface area contributed by atoms with Gasteiger partial charge in [0.15, 0.2) is 0 Å². The normalized spacial score (nSPS) is 16.8. The van der Waals surface area contributed by atoms with Gasteiger partial charge in [0, 0.05) is 19.1 Å². The van der Waals surface area contributed by atoms with Gasteiger partial charge in [0.05, 0.1) is 0 Å². The molecule has 0 aliphatic carbocycles. The molecule has 1 aliphatic heterocycles. The van der Waals surface area contributed by atoms with Crippen LogP contribution in [0.2, 0.25) is 0 Å². The summed E-state index contributed by atoms with van der Waals surface area (Å²) >= 11 is 0. The van der Waals surface area contributed by atoms with Crippen LogP contribution in [0.3, 0.4) is 0 Å². The summed E-state index contributed by atoms with van der Waals surface area (Å²) in [6, 6.07) is 9.78. The summed E-state index contributed by atoms with van der Waals surface area (Å²) in [5.41, 5.74) is 2.81. The molecule has 0 aromatic heterocycles. The van der Waals surface area contributed by atoms with Crippen LogP contribution in [-0.2, 0) is 13.1 Å². The van der Waals surface area contributed by atoms with E-state index in [1.54, 1.807) is 0 Å². The van der Waals surface area contributed by atoms with Crippen LogP contribution < -0.4 is 10.6 Å². The Labute approximate surface area is 123 Å². The number of nitrogens with one attached hydrogen (secondary N) is 2. The lowest BCUT2D eigenvalue weighted by molar-refractivity contribution is 0.296. The van der Waals surface area contributed by atoms with Crippen LogP contribution >= 0.6 is 0 Å². The molecule has 0 atom stereocenters. The minimum atomic E-state index is 0.687. The van der Waals surface area contributed by atoms with Crippen LogP contribution in [0.15, 0.2) is 24.3 Å². The molecule has 20 heavy (non-hydrogen) atoms. The van der Waals surface area contributed by atoms with E-state index in [1.807, 2.05) is 0 Å². The van der Waals surface area contributed by atoms with Gasteiger partial charge in [-0.3, -0.25) is 4.90 Å². The van der Waals surface area contributed by atoms with Gasteiger partial charge in [-0.1, -0.05) is 38.1 Å². The quantitative estimate of drug-likeness (QED) is 0.800. The van der Waals surface area contributed by atoms with Crippen LogP contribution in [0.4, 0.5) is 0 Å². The van der Waals surface area contributed by atoms with Crippen LogP contribution in [0, 0.1) is 0 Å². The van der Waals surface area contributed by atoms with Gasteiger partial charge in [0.25, 0.3) is 0 Å². The predicted molar refractivity (Wildman–Crippen MR) is 85.8 cm³/mol. The molecule has 2 rings (SSSR count). The molecule has 0 unspecified atom stereocenters. The molecule has 3 heteroatoms. The number of hydrogen-bond acceptors (Lipinski definition) is 3. The third-order valence-corrected chi connectivity index (χ3v) is 4.26. The highest BCUT2D eigenvalue weighted by atomic mass is 15.1. The molecule has 1 aromatic carbocycles. The molecule has 1 saturated heterocycles. The summed E-state index contributed by atoms with van der Waals surface area (Å²) in [7, 11) is 0. The standard InChI is InChI=1S/C17H29N3/c1-3-20(4-2)14-16-7-5-15(6-8-16)13-19-17-9-11-18-12-10-17/h5-8,17-19H,3-4,9-14H2,1-2H3. The van der Waals surface area contributed by atoms with Crippen molar-refractivity contribution in [1.29, 1.82) is 0 Å². The number of piperidine rings is 1. The number of rotatable bonds is 7. The molecule has 2 N–H and O–H groups in total. The Bertz CT molecular complexity index is 364. The van der Waals surface area contributed by atoms with Crippen molar-refractivity contribution in [3.05, 3.63) is 35.4 Å². The fraction of sp³-hybridized carbons (Fsp3) is 0.647. The molecule has 0 spiro atoms. The smallest absolute Gasteiger partial charge is 0.0233 e. The number of benzene rings is 1. The summed E-state index contributed by atoms with van der Waals surface area (Å²) in [5.74, 6) is 0. The largest absolute Gasteiger partial charge is 0.317 e. The average molecular weight is 275 g/mol. The Morgan fingerprint density at radius 2 is 1.65 bits per heavy atom. The van der Waals surface area contributed by atoms with Crippen molar-refractivity contribution in [2.24, 2.45) is 0 Å². The van der Waals surface area contributed by atoms with E-state index in [0.29, 0.717) is 6.04 Å². The van der Waals surface area contributed by atoms with E-state index in [9.17, 15) is 0 Å². The first-order valence-corrected chi connectivity index (χ1v) is 8.06. The molecular formula is C17H29N3. The molecule has 0 amide bonds. The van der Waals surface area contributed by atoms with Gasteiger partial charge in [-0.2, -0.15) is 0 Å². The first kappa shape index (κ1) is 15.5. The van der Waals surface area contributed by atoms with Crippen molar-refractivity contribution in [3.63, 3.8) is 0 Å². The third-order valence-electron chi connectivity index (χ3n) is 4.26. The molecule has 1 aromatic rings. The Morgan fingerprint density at radius 3 is 2.25 bits per heavy atom. The zero-order valence-electron chi connectivity index (χ0n) is 13.0. The second-order valence-electron chi connectivity index (χ2n) is 5.68. The molecule has 1 heterocycles. The van der Waals surface area contributed by atoms with Crippen molar-refractivity contribution in [3.8, 4) is 0 Å². The Hall–Kier alpha value is -0.900. The maximum Gasteiger partial charge on any atom is 0.0233 e. The first-order valence-electron chi connectivity index (χ1n) is 8.06. The molecule has 112 valence electrons. The van der Waals surface area contributed by atoms with Gasteiger partial charge in [0.1, 0.15) is 0 Å². The van der Waals surface area contributed by atoms with Gasteiger partial charge >= 0.3 is 0 Å². The SMILES string of the molecule is CCN(CC)Cc1ccc(CNC2CCNCC2)cc1. The van der Waals surface area contributed by atoms with E-state index in [2.05, 4.69) is 53.6 Å². The second kappa shape index (κ2) is 8.40. The lowest BCUT2D eigenvalue weighted by Gasteiger charge is -2.24. The highest BCUT2D eigenvalue weighted by molar-refractivity contribution is 5.22. The molecule has 0 saturated carbocycles. The zero-order chi connectivity index (χ0) is 14.2. The second-order valence-corrected chi connectivity index (χ2v) is 5.68. The highest BCUT2D eigenvalue weighted by Gasteiger charge is 2.11. The first-order chi connectivity index (χ1) is 9.81. The van der Waals surface area contributed by atoms with Crippen molar-refractivity contribution >= 4 is 0 Å². The predicted octanol–water partition coefficient (Wildman–Crippen LogP) is 2.37. The number of hydrogen-bond donors (Lipinski definition) is 2. The summed E-state index contributed by atoms with van der Waals surface area (Å²) in [4.78, 5) is 2.45. The average Bonchev–Trinajstić information content (AvgIpc) is 2.53. The Kier molecular flexibility index (Phi) is 6.51. The van der Waals surface area contributed by atoms with Gasteiger partial charge < -0.3 is 10.6 Å². The van der Waals surface area contributed by atoms with Crippen LogP contribution in [0.25, 0.3) is 0 Å². The van der Waals surface area contributed by atoms with E-state index in [0.717, 1.165) is 39.3 Å². The number of nitrogens with zero attached hydrogens (tertiary/aromatic N) is 1. The van der Waals surface area contributed by atoms with Crippen molar-refractivity contribution in [2.45, 2.75) is 45.8 Å². The Balaban J connectivity index is 1.78. The summed E-state index contributed by atoms with van der Waals surface area (Å²) in [6.45, 7) is 11.1. The summed E-state index contributed by atoms with van der Waals surface area (Å²) in [5, 5.41) is 7.07. The maximum absolute atomic E-state index is 3.67. The minimum Gasteiger partial charge on any atom is -0.317 e. The van der Waals surface area contributed by atoms with Gasteiger partial charge in [-0.15, -0.1) is 0 Å². The van der Waals surface area contributed by atoms with Gasteiger partial charge in [0.2, 0.25) is 0 Å². The molecule has 1 fully saturated rings. The van der Waals surface area contributed by atoms with Crippen molar-refractivity contribution in [1.82, 2.24) is 15.5 Å². The highest BCUT2D eigenvalue weighted by Crippen LogP contribution is 2.09. The van der Waals surface area contributed by atoms with E-state index in [1.165, 1.54) is 24.0 Å². The van der Waals surface area contributed by atoms with Crippen LogP contribution in [-0.4, -0.2) is 37.1 Å². The topological polar surface area (TPSA) is 27.3 Å². The molecule has 1 aliphatic rings. The third kappa shape index (κ3) is 4.89. The van der Waals surface area contributed by atoms with Gasteiger partial charge in [-0.05, 0) is 50.1 Å². The van der Waals surface area contributed by atoms with E-state index < -0.39 is 0 Å². The Morgan fingerprint density at radius 1 is 1.05 bits per heavy atom. The van der Waals surface area contributed by atoms with E-state index in [-0.39, 0.29) is 0 Å². The lowest BCUT2D eigenvalue weighted by Crippen LogP contribution is -2.39. The van der Waals surface area contributed by atoms with Crippen LogP contribution in [0.1, 0.15) is 37.8 Å². The fourth-order valence-electron chi connectivity index (χ4n) is 2.76. The maximum atomic E-state index is 3.67. The van der Waals surface area contributed by atoms with Crippen molar-refractivity contribution < 1.29 is 0 Å². The van der Waals surface area contributed by atoms with E-state index >= 15 is 0 Å². The zero-order valence-corrected chi connectivity index (χ0v) is 13.0. The summed E-state index contributed by atoms with van der Waals surface area (Å²) < 4.78 is 0. The fourth-order valence-corrected chi connectivity index (χ4v) is 2.76. The molecule has 0 radical (unpaired) electrons. The molecule has 3 nitrogen and oxygen atoms in total. The summed E-state index contributed by atoms with van der Waals surface area (Å²) in [6.07, 6.45) is 2.50. The van der Waals surface area contributed by atoms with Crippen molar-refractivity contribution in [2.75, 3.05) is 26.2 Å². The molecular weight excluding hydrogens is 246 g/mol. The van der Waals surface area contributed by atoms with E-state index in [4.69, 9.17) is 0 Å².